The van der Waals surface area contributed by atoms with Crippen LogP contribution in [0.1, 0.15) is 0 Å². The van der Waals surface area contributed by atoms with Crippen molar-refractivity contribution in [1.82, 2.24) is 9.13 Å². The van der Waals surface area contributed by atoms with Crippen LogP contribution in [0.2, 0.25) is 0 Å². The smallest absolute Gasteiger partial charge is 0.0562 e. The predicted octanol–water partition coefficient (Wildman–Crippen LogP) is 14.2. The summed E-state index contributed by atoms with van der Waals surface area (Å²) < 4.78 is 7.60. The summed E-state index contributed by atoms with van der Waals surface area (Å²) in [5.41, 5.74) is 9.64. The topological polar surface area (TPSA) is 9.86 Å². The Morgan fingerprint density at radius 2 is 1.02 bits per heavy atom. The summed E-state index contributed by atoms with van der Waals surface area (Å²) >= 11 is 1.90. The maximum absolute atomic E-state index is 2.47. The molecular weight excluding hydrogens is 661 g/mol. The first-order valence-corrected chi connectivity index (χ1v) is 19.0. The number of hydrogen-bond acceptors (Lipinski definition) is 1. The molecule has 0 saturated heterocycles. The molecule has 3 heteroatoms. The van der Waals surface area contributed by atoms with Gasteiger partial charge in [0.1, 0.15) is 0 Å². The van der Waals surface area contributed by atoms with Gasteiger partial charge in [-0.15, -0.1) is 11.3 Å². The molecule has 53 heavy (non-hydrogen) atoms. The molecule has 12 aromatic rings. The van der Waals surface area contributed by atoms with Crippen LogP contribution >= 0.6 is 11.3 Å². The van der Waals surface area contributed by atoms with Crippen molar-refractivity contribution in [3.63, 3.8) is 0 Å². The molecule has 3 heterocycles. The lowest BCUT2D eigenvalue weighted by molar-refractivity contribution is 1.17. The molecule has 0 atom stereocenters. The van der Waals surface area contributed by atoms with E-state index >= 15 is 0 Å². The zero-order valence-electron chi connectivity index (χ0n) is 28.6. The third-order valence-corrected chi connectivity index (χ3v) is 12.5. The number of thiophene rings is 1. The molecule has 0 unspecified atom stereocenters. The van der Waals surface area contributed by atoms with Crippen LogP contribution in [0.5, 0.6) is 0 Å². The van der Waals surface area contributed by atoms with E-state index in [-0.39, 0.29) is 0 Å². The Morgan fingerprint density at radius 3 is 1.91 bits per heavy atom. The van der Waals surface area contributed by atoms with Gasteiger partial charge in [-0.3, -0.25) is 0 Å². The van der Waals surface area contributed by atoms with Crippen LogP contribution < -0.4 is 0 Å². The molecular formula is C50H30N2S. The Hall–Kier alpha value is -6.68. The van der Waals surface area contributed by atoms with Gasteiger partial charge in [-0.1, -0.05) is 121 Å². The van der Waals surface area contributed by atoms with Crippen molar-refractivity contribution in [3.05, 3.63) is 182 Å². The van der Waals surface area contributed by atoms with E-state index in [1.54, 1.807) is 0 Å². The highest BCUT2D eigenvalue weighted by molar-refractivity contribution is 7.26. The molecule has 3 aromatic heterocycles. The van der Waals surface area contributed by atoms with Gasteiger partial charge in [0.15, 0.2) is 0 Å². The van der Waals surface area contributed by atoms with E-state index in [9.17, 15) is 0 Å². The van der Waals surface area contributed by atoms with Gasteiger partial charge in [0.2, 0.25) is 0 Å². The highest BCUT2D eigenvalue weighted by Crippen LogP contribution is 2.46. The van der Waals surface area contributed by atoms with E-state index in [1.807, 2.05) is 11.3 Å². The fourth-order valence-electron chi connectivity index (χ4n) is 8.98. The van der Waals surface area contributed by atoms with E-state index in [2.05, 4.69) is 191 Å². The molecule has 0 aliphatic rings. The van der Waals surface area contributed by atoms with E-state index < -0.39 is 0 Å². The largest absolute Gasteiger partial charge is 0.309 e. The lowest BCUT2D eigenvalue weighted by Gasteiger charge is -2.13. The van der Waals surface area contributed by atoms with Crippen LogP contribution in [0.25, 0.3) is 108 Å². The van der Waals surface area contributed by atoms with Gasteiger partial charge in [-0.05, 0) is 93.3 Å². The number of hydrogen-bond donors (Lipinski definition) is 0. The first kappa shape index (κ1) is 29.0. The van der Waals surface area contributed by atoms with Gasteiger partial charge >= 0.3 is 0 Å². The molecule has 2 nitrogen and oxygen atoms in total. The standard InChI is InChI=1S/C50H30N2S/c1-2-16-34(17-3-1)51-44-26-25-31-13-4-6-19-36(31)48(44)42-29-41-38-21-8-10-23-43(38)52(45(41)30-46(42)51)35-18-12-15-32(27-35)40-28-33-14-5-7-20-37(33)50-49(40)39-22-9-11-24-47(39)53-50/h1-30H. The summed E-state index contributed by atoms with van der Waals surface area (Å²) in [4.78, 5) is 0. The van der Waals surface area contributed by atoms with Gasteiger partial charge in [0.05, 0.1) is 22.1 Å². The molecule has 0 spiro atoms. The van der Waals surface area contributed by atoms with Crippen LogP contribution in [0, 0.1) is 0 Å². The van der Waals surface area contributed by atoms with Crippen molar-refractivity contribution in [2.45, 2.75) is 0 Å². The predicted molar refractivity (Wildman–Crippen MR) is 228 cm³/mol. The molecule has 0 N–H and O–H groups in total. The second kappa shape index (κ2) is 10.9. The minimum atomic E-state index is 1.15. The van der Waals surface area contributed by atoms with Gasteiger partial charge in [-0.2, -0.15) is 0 Å². The molecule has 0 fully saturated rings. The molecule has 0 radical (unpaired) electrons. The Bertz CT molecular complexity index is 3450. The maximum Gasteiger partial charge on any atom is 0.0562 e. The molecule has 12 rings (SSSR count). The van der Waals surface area contributed by atoms with Crippen molar-refractivity contribution < 1.29 is 0 Å². The van der Waals surface area contributed by atoms with Crippen LogP contribution in [0.15, 0.2) is 182 Å². The molecule has 246 valence electrons. The second-order valence-electron chi connectivity index (χ2n) is 14.1. The van der Waals surface area contributed by atoms with Gasteiger partial charge in [0, 0.05) is 53.1 Å². The molecule has 0 amide bonds. The monoisotopic (exact) mass is 690 g/mol. The lowest BCUT2D eigenvalue weighted by Crippen LogP contribution is -1.96. The fraction of sp³-hybridized carbons (Fsp3) is 0. The van der Waals surface area contributed by atoms with E-state index in [4.69, 9.17) is 0 Å². The van der Waals surface area contributed by atoms with Crippen LogP contribution in [0.3, 0.4) is 0 Å². The summed E-state index contributed by atoms with van der Waals surface area (Å²) in [6.07, 6.45) is 0. The minimum Gasteiger partial charge on any atom is -0.309 e. The lowest BCUT2D eigenvalue weighted by atomic mass is 9.95. The number of para-hydroxylation sites is 2. The van der Waals surface area contributed by atoms with Crippen LogP contribution in [0.4, 0.5) is 0 Å². The third kappa shape index (κ3) is 4.08. The highest BCUT2D eigenvalue weighted by Gasteiger charge is 2.21. The average molecular weight is 691 g/mol. The first-order chi connectivity index (χ1) is 26.3. The Morgan fingerprint density at radius 1 is 0.340 bits per heavy atom. The Labute approximate surface area is 309 Å². The average Bonchev–Trinajstić information content (AvgIpc) is 3.88. The van der Waals surface area contributed by atoms with Crippen LogP contribution in [-0.2, 0) is 0 Å². The van der Waals surface area contributed by atoms with E-state index in [0.29, 0.717) is 0 Å². The normalized spacial score (nSPS) is 12.2. The first-order valence-electron chi connectivity index (χ1n) is 18.2. The van der Waals surface area contributed by atoms with Crippen molar-refractivity contribution in [3.8, 4) is 22.5 Å². The van der Waals surface area contributed by atoms with Gasteiger partial charge in [0.25, 0.3) is 0 Å². The highest BCUT2D eigenvalue weighted by atomic mass is 32.1. The van der Waals surface area contributed by atoms with Gasteiger partial charge in [-0.25, -0.2) is 0 Å². The molecule has 0 aliphatic heterocycles. The summed E-state index contributed by atoms with van der Waals surface area (Å²) in [5, 5.41) is 12.9. The number of nitrogens with zero attached hydrogens (tertiary/aromatic N) is 2. The van der Waals surface area contributed by atoms with Crippen molar-refractivity contribution in [2.24, 2.45) is 0 Å². The molecule has 9 aromatic carbocycles. The Kier molecular flexibility index (Phi) is 5.96. The number of benzene rings is 9. The summed E-state index contributed by atoms with van der Waals surface area (Å²) in [7, 11) is 0. The fourth-order valence-corrected chi connectivity index (χ4v) is 10.2. The summed E-state index contributed by atoms with van der Waals surface area (Å²) in [6, 6.07) is 67.2. The SMILES string of the molecule is c1ccc(-n2c3cc4c(cc3c3c5ccccc5ccc32)c2ccccc2n4-c2cccc(-c3cc4ccccc4c4sc5ccccc5c34)c2)cc1. The third-order valence-electron chi connectivity index (χ3n) is 11.2. The molecule has 0 aliphatic carbocycles. The molecule has 0 bridgehead atoms. The zero-order valence-corrected chi connectivity index (χ0v) is 29.4. The van der Waals surface area contributed by atoms with Crippen LogP contribution in [-0.4, -0.2) is 9.13 Å². The summed E-state index contributed by atoms with van der Waals surface area (Å²) in [5.74, 6) is 0. The van der Waals surface area contributed by atoms with E-state index in [1.165, 1.54) is 96.5 Å². The quantitative estimate of drug-likeness (QED) is 0.175. The number of rotatable bonds is 3. The zero-order chi connectivity index (χ0) is 34.6. The van der Waals surface area contributed by atoms with Crippen molar-refractivity contribution >= 4 is 96.7 Å². The van der Waals surface area contributed by atoms with Crippen molar-refractivity contribution in [2.75, 3.05) is 0 Å². The second-order valence-corrected chi connectivity index (χ2v) is 15.1. The van der Waals surface area contributed by atoms with Crippen molar-refractivity contribution in [1.29, 1.82) is 0 Å². The van der Waals surface area contributed by atoms with E-state index in [0.717, 1.165) is 11.4 Å². The van der Waals surface area contributed by atoms with Gasteiger partial charge < -0.3 is 9.13 Å². The molecule has 0 saturated carbocycles. The summed E-state index contributed by atoms with van der Waals surface area (Å²) in [6.45, 7) is 0. The maximum atomic E-state index is 2.47. The Balaban J connectivity index is 1.18. The number of aromatic nitrogens is 2. The number of fused-ring (bicyclic) bond motifs is 13. The minimum absolute atomic E-state index is 1.15.